The van der Waals surface area contributed by atoms with Crippen LogP contribution in [0.2, 0.25) is 0 Å². The minimum absolute atomic E-state index is 0.0813. The van der Waals surface area contributed by atoms with Gasteiger partial charge in [-0.15, -0.1) is 0 Å². The number of benzene rings is 1. The van der Waals surface area contributed by atoms with Gasteiger partial charge in [0.15, 0.2) is 0 Å². The van der Waals surface area contributed by atoms with Gasteiger partial charge >= 0.3 is 0 Å². The molecule has 0 aliphatic carbocycles. The summed E-state index contributed by atoms with van der Waals surface area (Å²) in [6.07, 6.45) is 1.62. The van der Waals surface area contributed by atoms with Crippen LogP contribution in [-0.2, 0) is 17.9 Å². The van der Waals surface area contributed by atoms with Crippen molar-refractivity contribution in [2.24, 2.45) is 0 Å². The van der Waals surface area contributed by atoms with Gasteiger partial charge in [-0.25, -0.2) is 4.39 Å². The monoisotopic (exact) mass is 268 g/mol. The van der Waals surface area contributed by atoms with Crippen molar-refractivity contribution < 1.29 is 14.2 Å². The van der Waals surface area contributed by atoms with Gasteiger partial charge in [0.25, 0.3) is 0 Å². The van der Waals surface area contributed by atoms with Crippen LogP contribution >= 0.6 is 0 Å². The fourth-order valence-corrected chi connectivity index (χ4v) is 1.78. The van der Waals surface area contributed by atoms with Crippen LogP contribution in [0.5, 0.6) is 0 Å². The number of ether oxygens (including phenoxy) is 1. The zero-order chi connectivity index (χ0) is 14.1. The number of aliphatic hydroxyl groups is 1. The molecule has 19 heavy (non-hydrogen) atoms. The smallest absolute Gasteiger partial charge is 0.123 e. The predicted molar refractivity (Wildman–Crippen MR) is 73.0 cm³/mol. The Kier molecular flexibility index (Phi) is 7.10. The summed E-state index contributed by atoms with van der Waals surface area (Å²) >= 11 is 0. The van der Waals surface area contributed by atoms with Crippen molar-refractivity contribution in [3.63, 3.8) is 0 Å². The molecule has 1 rings (SSSR count). The Morgan fingerprint density at radius 1 is 1.47 bits per heavy atom. The molecule has 106 valence electrons. The lowest BCUT2D eigenvalue weighted by atomic mass is 10.1. The largest absolute Gasteiger partial charge is 0.392 e. The Morgan fingerprint density at radius 3 is 2.89 bits per heavy atom. The molecule has 1 atom stereocenters. The highest BCUT2D eigenvalue weighted by atomic mass is 19.1. The van der Waals surface area contributed by atoms with E-state index in [1.165, 1.54) is 12.1 Å². The van der Waals surface area contributed by atoms with Crippen LogP contribution in [0, 0.1) is 5.82 Å². The summed E-state index contributed by atoms with van der Waals surface area (Å²) in [5.74, 6) is -0.304. The van der Waals surface area contributed by atoms with Crippen LogP contribution < -0.4 is 10.6 Å². The number of aliphatic hydroxyl groups excluding tert-OH is 1. The molecule has 0 amide bonds. The third-order valence-electron chi connectivity index (χ3n) is 2.80. The first kappa shape index (κ1) is 15.6. The maximum Gasteiger partial charge on any atom is 0.123 e. The van der Waals surface area contributed by atoms with Crippen molar-refractivity contribution in [2.45, 2.75) is 19.2 Å². The van der Waals surface area contributed by atoms with Crippen molar-refractivity contribution in [3.8, 4) is 0 Å². The van der Waals surface area contributed by atoms with Gasteiger partial charge in [-0.3, -0.25) is 0 Å². The minimum Gasteiger partial charge on any atom is -0.392 e. The Labute approximate surface area is 113 Å². The van der Waals surface area contributed by atoms with E-state index in [2.05, 4.69) is 17.2 Å². The summed E-state index contributed by atoms with van der Waals surface area (Å²) in [5.41, 5.74) is 1.48. The van der Waals surface area contributed by atoms with Gasteiger partial charge in [0.05, 0.1) is 13.2 Å². The Balaban J connectivity index is 2.61. The number of nitrogens with one attached hydrogen (secondary N) is 2. The SMILES string of the molecule is C=CNC[C@H](COC)NCc1cc(F)ccc1CO. The third-order valence-corrected chi connectivity index (χ3v) is 2.80. The molecule has 0 saturated heterocycles. The minimum atomic E-state index is -0.304. The van der Waals surface area contributed by atoms with Gasteiger partial charge in [0.1, 0.15) is 5.82 Å². The number of rotatable bonds is 9. The lowest BCUT2D eigenvalue weighted by molar-refractivity contribution is 0.165. The molecule has 0 radical (unpaired) electrons. The van der Waals surface area contributed by atoms with Crippen LogP contribution in [0.25, 0.3) is 0 Å². The van der Waals surface area contributed by atoms with E-state index in [1.807, 2.05) is 0 Å². The predicted octanol–water partition coefficient (Wildman–Crippen LogP) is 1.16. The lowest BCUT2D eigenvalue weighted by Gasteiger charge is -2.19. The second-order valence-electron chi connectivity index (χ2n) is 4.22. The number of hydrogen-bond donors (Lipinski definition) is 3. The molecular formula is C14H21FN2O2. The second-order valence-corrected chi connectivity index (χ2v) is 4.22. The number of methoxy groups -OCH3 is 1. The Morgan fingerprint density at radius 2 is 2.26 bits per heavy atom. The average Bonchev–Trinajstić information content (AvgIpc) is 2.42. The van der Waals surface area contributed by atoms with E-state index in [0.29, 0.717) is 19.7 Å². The zero-order valence-electron chi connectivity index (χ0n) is 11.2. The van der Waals surface area contributed by atoms with E-state index < -0.39 is 0 Å². The molecule has 0 unspecified atom stereocenters. The van der Waals surface area contributed by atoms with E-state index in [-0.39, 0.29) is 18.5 Å². The van der Waals surface area contributed by atoms with Crippen molar-refractivity contribution in [1.29, 1.82) is 0 Å². The summed E-state index contributed by atoms with van der Waals surface area (Å²) in [5, 5.41) is 15.5. The summed E-state index contributed by atoms with van der Waals surface area (Å²) in [4.78, 5) is 0. The molecule has 0 aliphatic heterocycles. The molecule has 0 heterocycles. The topological polar surface area (TPSA) is 53.5 Å². The Hall–Kier alpha value is -1.43. The lowest BCUT2D eigenvalue weighted by Crippen LogP contribution is -2.40. The Bertz CT molecular complexity index is 399. The van der Waals surface area contributed by atoms with Gasteiger partial charge in [-0.05, 0) is 29.5 Å². The molecule has 0 saturated carbocycles. The van der Waals surface area contributed by atoms with Crippen LogP contribution in [0.1, 0.15) is 11.1 Å². The molecular weight excluding hydrogens is 247 g/mol. The van der Waals surface area contributed by atoms with E-state index in [1.54, 1.807) is 19.4 Å². The standard InChI is InChI=1S/C14H21FN2O2/c1-3-16-8-14(10-19-2)17-7-12-6-13(15)5-4-11(12)9-18/h3-6,14,16-18H,1,7-10H2,2H3/t14-/m1/s1. The number of halogens is 1. The van der Waals surface area contributed by atoms with Crippen LogP contribution in [0.3, 0.4) is 0 Å². The van der Waals surface area contributed by atoms with Crippen LogP contribution in [-0.4, -0.2) is 31.4 Å². The van der Waals surface area contributed by atoms with Crippen molar-refractivity contribution >= 4 is 0 Å². The van der Waals surface area contributed by atoms with Gasteiger partial charge in [0, 0.05) is 26.2 Å². The molecule has 0 aromatic heterocycles. The molecule has 5 heteroatoms. The van der Waals surface area contributed by atoms with Crippen LogP contribution in [0.4, 0.5) is 4.39 Å². The summed E-state index contributed by atoms with van der Waals surface area (Å²) in [6.45, 7) is 5.16. The first-order chi connectivity index (χ1) is 9.21. The highest BCUT2D eigenvalue weighted by Crippen LogP contribution is 2.11. The van der Waals surface area contributed by atoms with E-state index in [4.69, 9.17) is 4.74 Å². The maximum atomic E-state index is 13.2. The van der Waals surface area contributed by atoms with E-state index in [0.717, 1.165) is 11.1 Å². The summed E-state index contributed by atoms with van der Waals surface area (Å²) in [6, 6.07) is 4.46. The molecule has 4 nitrogen and oxygen atoms in total. The van der Waals surface area contributed by atoms with Crippen LogP contribution in [0.15, 0.2) is 31.0 Å². The van der Waals surface area contributed by atoms with Crippen molar-refractivity contribution in [2.75, 3.05) is 20.3 Å². The second kappa shape index (κ2) is 8.63. The highest BCUT2D eigenvalue weighted by Gasteiger charge is 2.09. The molecule has 3 N–H and O–H groups in total. The number of hydrogen-bond acceptors (Lipinski definition) is 4. The quantitative estimate of drug-likeness (QED) is 0.629. The highest BCUT2D eigenvalue weighted by molar-refractivity contribution is 5.27. The van der Waals surface area contributed by atoms with Crippen molar-refractivity contribution in [1.82, 2.24) is 10.6 Å². The fourth-order valence-electron chi connectivity index (χ4n) is 1.78. The molecule has 0 fully saturated rings. The average molecular weight is 268 g/mol. The first-order valence-corrected chi connectivity index (χ1v) is 6.16. The third kappa shape index (κ3) is 5.38. The maximum absolute atomic E-state index is 13.2. The van der Waals surface area contributed by atoms with Gasteiger partial charge < -0.3 is 20.5 Å². The molecule has 0 spiro atoms. The van der Waals surface area contributed by atoms with E-state index >= 15 is 0 Å². The zero-order valence-corrected chi connectivity index (χ0v) is 11.2. The summed E-state index contributed by atoms with van der Waals surface area (Å²) in [7, 11) is 1.63. The molecule has 1 aromatic rings. The van der Waals surface area contributed by atoms with Crippen molar-refractivity contribution in [3.05, 3.63) is 47.9 Å². The molecule has 0 bridgehead atoms. The van der Waals surface area contributed by atoms with Gasteiger partial charge in [-0.1, -0.05) is 12.6 Å². The summed E-state index contributed by atoms with van der Waals surface area (Å²) < 4.78 is 18.3. The van der Waals surface area contributed by atoms with E-state index in [9.17, 15) is 9.50 Å². The normalized spacial score (nSPS) is 12.2. The first-order valence-electron chi connectivity index (χ1n) is 6.16. The van der Waals surface area contributed by atoms with Gasteiger partial charge in [0.2, 0.25) is 0 Å². The fraction of sp³-hybridized carbons (Fsp3) is 0.429. The molecule has 1 aromatic carbocycles. The molecule has 0 aliphatic rings. The van der Waals surface area contributed by atoms with Gasteiger partial charge in [-0.2, -0.15) is 0 Å².